The van der Waals surface area contributed by atoms with E-state index in [4.69, 9.17) is 32.7 Å². The fraction of sp³-hybridized carbons (Fsp3) is 0.385. The maximum absolute atomic E-state index is 12.8. The molecule has 0 bridgehead atoms. The first-order valence-corrected chi connectivity index (χ1v) is 14.1. The Hall–Kier alpha value is -3.55. The number of alkyl carbamates (subject to hydrolysis) is 1. The highest BCUT2D eigenvalue weighted by Crippen LogP contribution is 2.39. The Morgan fingerprint density at radius 2 is 1.80 bits per heavy atom. The molecule has 3 aromatic rings. The van der Waals surface area contributed by atoms with Gasteiger partial charge < -0.3 is 24.8 Å². The summed E-state index contributed by atoms with van der Waals surface area (Å²) in [6, 6.07) is 9.83. The van der Waals surface area contributed by atoms with E-state index < -0.39 is 36.9 Å². The number of anilines is 1. The summed E-state index contributed by atoms with van der Waals surface area (Å²) >= 11 is 13.8. The van der Waals surface area contributed by atoms with Gasteiger partial charge in [-0.15, -0.1) is 10.2 Å². The first kappa shape index (κ1) is 32.0. The summed E-state index contributed by atoms with van der Waals surface area (Å²) in [7, 11) is 5.32. The van der Waals surface area contributed by atoms with Crippen LogP contribution in [0.3, 0.4) is 0 Å². The minimum Gasteiger partial charge on any atom is -0.497 e. The van der Waals surface area contributed by atoms with E-state index in [9.17, 15) is 19.5 Å². The lowest BCUT2D eigenvalue weighted by Gasteiger charge is -2.15. The normalized spacial score (nSPS) is 11.5. The number of hydrogen-bond donors (Lipinski definition) is 2. The number of Topliss-reactive ketones (excluding diaryl/α,β-unsaturated/α-hetero) is 1. The Labute approximate surface area is 251 Å². The Balaban J connectivity index is 1.50. The first-order valence-electron chi connectivity index (χ1n) is 12.5. The third-order valence-electron chi connectivity index (χ3n) is 5.74. The quantitative estimate of drug-likeness (QED) is 0.232. The number of carboxylic acids is 1. The largest absolute Gasteiger partial charge is 0.497 e. The van der Waals surface area contributed by atoms with Gasteiger partial charge in [-0.3, -0.25) is 9.59 Å². The van der Waals surface area contributed by atoms with Crippen molar-refractivity contribution in [2.24, 2.45) is 0 Å². The monoisotopic (exact) mass is 624 g/mol. The van der Waals surface area contributed by atoms with Crippen molar-refractivity contribution in [3.8, 4) is 5.75 Å². The van der Waals surface area contributed by atoms with E-state index in [0.717, 1.165) is 46.4 Å². The van der Waals surface area contributed by atoms with Crippen LogP contribution in [0.2, 0.25) is 10.0 Å². The Bertz CT molecular complexity index is 1330. The maximum Gasteiger partial charge on any atom is 0.407 e. The molecule has 0 aliphatic carbocycles. The first-order chi connectivity index (χ1) is 19.5. The highest BCUT2D eigenvalue weighted by Gasteiger charge is 2.25. The topological polar surface area (TPSA) is 149 Å². The zero-order valence-electron chi connectivity index (χ0n) is 22.7. The van der Waals surface area contributed by atoms with Crippen LogP contribution < -0.4 is 15.0 Å². The van der Waals surface area contributed by atoms with E-state index in [1.807, 2.05) is 43.3 Å². The molecule has 15 heteroatoms. The third-order valence-corrected chi connectivity index (χ3v) is 7.55. The van der Waals surface area contributed by atoms with Gasteiger partial charge in [0.25, 0.3) is 0 Å². The highest BCUT2D eigenvalue weighted by molar-refractivity contribution is 7.99. The molecule has 0 aliphatic rings. The molecule has 1 heterocycles. The molecule has 2 aromatic carbocycles. The Morgan fingerprint density at radius 3 is 2.41 bits per heavy atom. The van der Waals surface area contributed by atoms with Crippen molar-refractivity contribution in [3.63, 3.8) is 0 Å². The molecule has 1 amide bonds. The molecular weight excluding hydrogens is 595 g/mol. The smallest absolute Gasteiger partial charge is 0.407 e. The molecule has 12 nitrogen and oxygen atoms in total. The average molecular weight is 626 g/mol. The number of unbranched alkanes of at least 4 members (excludes halogenated alkanes) is 1. The third kappa shape index (κ3) is 10.1. The Kier molecular flexibility index (Phi) is 12.0. The van der Waals surface area contributed by atoms with Gasteiger partial charge in [0.15, 0.2) is 5.78 Å². The summed E-state index contributed by atoms with van der Waals surface area (Å²) < 4.78 is 10.3. The second-order valence-electron chi connectivity index (χ2n) is 9.04. The van der Waals surface area contributed by atoms with Crippen LogP contribution in [0.5, 0.6) is 5.75 Å². The second kappa shape index (κ2) is 15.5. The number of ether oxygens (including phenoxy) is 2. The highest BCUT2D eigenvalue weighted by atomic mass is 35.5. The number of tetrazole rings is 1. The van der Waals surface area contributed by atoms with Crippen LogP contribution in [0.15, 0.2) is 46.5 Å². The van der Waals surface area contributed by atoms with Gasteiger partial charge in [0.2, 0.25) is 5.16 Å². The van der Waals surface area contributed by atoms with Crippen LogP contribution in [0.1, 0.15) is 24.8 Å². The van der Waals surface area contributed by atoms with Crippen LogP contribution >= 0.6 is 35.0 Å². The molecule has 220 valence electrons. The minimum absolute atomic E-state index is 0.113. The molecule has 0 aliphatic heterocycles. The Morgan fingerprint density at radius 1 is 1.12 bits per heavy atom. The molecule has 1 unspecified atom stereocenters. The predicted molar refractivity (Wildman–Crippen MR) is 154 cm³/mol. The van der Waals surface area contributed by atoms with E-state index in [1.165, 1.54) is 0 Å². The molecule has 1 aromatic heterocycles. The van der Waals surface area contributed by atoms with Crippen molar-refractivity contribution < 1.29 is 29.0 Å². The molecule has 0 fully saturated rings. The zero-order chi connectivity index (χ0) is 29.9. The van der Waals surface area contributed by atoms with Crippen LogP contribution in [-0.4, -0.2) is 77.0 Å². The fourth-order valence-corrected chi connectivity index (χ4v) is 4.99. The molecule has 0 spiro atoms. The molecule has 2 N–H and O–H groups in total. The van der Waals surface area contributed by atoms with Crippen molar-refractivity contribution in [2.45, 2.75) is 48.3 Å². The van der Waals surface area contributed by atoms with Crippen molar-refractivity contribution in [3.05, 3.63) is 52.0 Å². The standard InChI is InChI=1S/C26H30Cl2N6O6S/c1-33(2)17-12-19(27)24(20(28)13-17)41-25-30-32-34(31-25)15-22(35)21(14-23(36)37)29-26(38)40-11-5-4-6-16-7-9-18(39-3)10-8-16/h7-10,12-13,21H,4-6,11,14-15H2,1-3H3,(H,29,38)(H,36,37). The molecule has 0 radical (unpaired) electrons. The number of halogens is 2. The lowest BCUT2D eigenvalue weighted by Crippen LogP contribution is -2.44. The van der Waals surface area contributed by atoms with Crippen LogP contribution in [0, 0.1) is 0 Å². The lowest BCUT2D eigenvalue weighted by molar-refractivity contribution is -0.139. The number of benzene rings is 2. The number of aryl methyl sites for hydroxylation is 1. The van der Waals surface area contributed by atoms with Gasteiger partial charge in [0.1, 0.15) is 18.3 Å². The molecular formula is C26H30Cl2N6O6S. The number of nitrogens with zero attached hydrogens (tertiary/aromatic N) is 5. The minimum atomic E-state index is -1.34. The number of carbonyl (C=O) groups is 3. The molecule has 0 saturated carbocycles. The van der Waals surface area contributed by atoms with Crippen molar-refractivity contribution in [1.29, 1.82) is 0 Å². The van der Waals surface area contributed by atoms with Gasteiger partial charge >= 0.3 is 12.1 Å². The molecule has 3 rings (SSSR count). The van der Waals surface area contributed by atoms with Crippen molar-refractivity contribution in [2.75, 3.05) is 32.7 Å². The fourth-order valence-electron chi connectivity index (χ4n) is 3.57. The molecule has 1 atom stereocenters. The van der Waals surface area contributed by atoms with E-state index in [0.29, 0.717) is 21.4 Å². The number of ketones is 1. The van der Waals surface area contributed by atoms with Gasteiger partial charge in [-0.1, -0.05) is 35.3 Å². The number of methoxy groups -OCH3 is 1. The molecule has 41 heavy (non-hydrogen) atoms. The van der Waals surface area contributed by atoms with Gasteiger partial charge in [-0.2, -0.15) is 4.80 Å². The van der Waals surface area contributed by atoms with Gasteiger partial charge in [0, 0.05) is 19.8 Å². The number of hydrogen-bond acceptors (Lipinski definition) is 10. The zero-order valence-corrected chi connectivity index (χ0v) is 25.0. The predicted octanol–water partition coefficient (Wildman–Crippen LogP) is 4.37. The number of aromatic nitrogens is 4. The van der Waals surface area contributed by atoms with E-state index >= 15 is 0 Å². The van der Waals surface area contributed by atoms with E-state index in [2.05, 4.69) is 20.7 Å². The summed E-state index contributed by atoms with van der Waals surface area (Å²) in [5.41, 5.74) is 1.94. The molecule has 0 saturated heterocycles. The number of rotatable bonds is 15. The van der Waals surface area contributed by atoms with Crippen LogP contribution in [0.4, 0.5) is 10.5 Å². The number of nitrogens with one attached hydrogen (secondary N) is 1. The average Bonchev–Trinajstić information content (AvgIpc) is 3.36. The van der Waals surface area contributed by atoms with Crippen LogP contribution in [-0.2, 0) is 27.3 Å². The summed E-state index contributed by atoms with van der Waals surface area (Å²) in [6.45, 7) is -0.309. The number of aliphatic carboxylic acids is 1. The van der Waals surface area contributed by atoms with E-state index in [1.54, 1.807) is 19.2 Å². The summed E-state index contributed by atoms with van der Waals surface area (Å²) in [4.78, 5) is 39.8. The van der Waals surface area contributed by atoms with Crippen molar-refractivity contribution in [1.82, 2.24) is 25.5 Å². The number of carboxylic acid groups (broad SMARTS) is 1. The van der Waals surface area contributed by atoms with Gasteiger partial charge in [-0.25, -0.2) is 4.79 Å². The summed E-state index contributed by atoms with van der Waals surface area (Å²) in [6.07, 6.45) is 0.630. The SMILES string of the molecule is COc1ccc(CCCCOC(=O)NC(CC(=O)O)C(=O)Cn2nnc(Sc3c(Cl)cc(N(C)C)cc3Cl)n2)cc1. The van der Waals surface area contributed by atoms with Crippen LogP contribution in [0.25, 0.3) is 0 Å². The number of carbonyl (C=O) groups excluding carboxylic acids is 2. The number of amides is 1. The van der Waals surface area contributed by atoms with Gasteiger partial charge in [-0.05, 0) is 66.1 Å². The lowest BCUT2D eigenvalue weighted by atomic mass is 10.1. The van der Waals surface area contributed by atoms with E-state index in [-0.39, 0.29) is 11.8 Å². The maximum atomic E-state index is 12.8. The summed E-state index contributed by atoms with van der Waals surface area (Å²) in [5.74, 6) is -1.13. The second-order valence-corrected chi connectivity index (χ2v) is 10.8. The van der Waals surface area contributed by atoms with Crippen molar-refractivity contribution >= 4 is 58.5 Å². The summed E-state index contributed by atoms with van der Waals surface area (Å²) in [5, 5.41) is 24.4. The van der Waals surface area contributed by atoms with Gasteiger partial charge in [0.05, 0.1) is 35.1 Å².